The summed E-state index contributed by atoms with van der Waals surface area (Å²) < 4.78 is 12.2. The number of carbonyl (C=O) groups is 2. The van der Waals surface area contributed by atoms with Crippen molar-refractivity contribution < 1.29 is 29.3 Å². The fourth-order valence-electron chi connectivity index (χ4n) is 5.28. The SMILES string of the molecule is CC(=Cc1csc(C)n1)[C@]1(C)C[C@@H]2O[C@]2(C)CCC[C@H](C)[C@H](O)[C@@H](C)C(=O)C(C)(C)[C@@H](O)CC(=O)O1. The maximum absolute atomic E-state index is 13.3. The first-order chi connectivity index (χ1) is 16.6. The molecule has 1 aromatic heterocycles. The number of aromatic nitrogens is 1. The zero-order chi connectivity index (χ0) is 27.1. The van der Waals surface area contributed by atoms with Crippen LogP contribution in [0, 0.1) is 24.2 Å². The smallest absolute Gasteiger partial charge is 0.309 e. The molecule has 2 aliphatic heterocycles. The lowest BCUT2D eigenvalue weighted by atomic mass is 9.73. The number of cyclic esters (lactones) is 1. The van der Waals surface area contributed by atoms with Gasteiger partial charge < -0.3 is 19.7 Å². The van der Waals surface area contributed by atoms with Crippen molar-refractivity contribution in [1.82, 2.24) is 4.98 Å². The fourth-order valence-corrected chi connectivity index (χ4v) is 5.85. The number of nitrogens with zero attached hydrogens (tertiary/aromatic N) is 1. The van der Waals surface area contributed by atoms with Crippen LogP contribution in [0.1, 0.15) is 91.3 Å². The number of hydrogen-bond donors (Lipinski definition) is 2. The van der Waals surface area contributed by atoms with Gasteiger partial charge in [0.2, 0.25) is 0 Å². The van der Waals surface area contributed by atoms with Crippen LogP contribution in [0.5, 0.6) is 0 Å². The number of fused-ring (bicyclic) bond motifs is 1. The molecule has 0 amide bonds. The Hall–Kier alpha value is -1.61. The van der Waals surface area contributed by atoms with E-state index in [4.69, 9.17) is 9.47 Å². The number of ether oxygens (including phenoxy) is 2. The molecule has 3 rings (SSSR count). The maximum Gasteiger partial charge on any atom is 0.309 e. The molecule has 2 fully saturated rings. The van der Waals surface area contributed by atoms with E-state index in [1.165, 1.54) is 0 Å². The fraction of sp³-hybridized carbons (Fsp3) is 0.750. The Balaban J connectivity index is 1.91. The Bertz CT molecular complexity index is 1000. The Morgan fingerprint density at radius 1 is 1.19 bits per heavy atom. The van der Waals surface area contributed by atoms with Crippen molar-refractivity contribution in [3.05, 3.63) is 21.7 Å². The van der Waals surface area contributed by atoms with Crippen LogP contribution in [0.3, 0.4) is 0 Å². The summed E-state index contributed by atoms with van der Waals surface area (Å²) in [6.07, 6.45) is 2.38. The Morgan fingerprint density at radius 3 is 2.47 bits per heavy atom. The molecule has 7 nitrogen and oxygen atoms in total. The van der Waals surface area contributed by atoms with Crippen molar-refractivity contribution in [3.63, 3.8) is 0 Å². The van der Waals surface area contributed by atoms with Crippen LogP contribution < -0.4 is 0 Å². The highest BCUT2D eigenvalue weighted by molar-refractivity contribution is 7.09. The van der Waals surface area contributed by atoms with E-state index in [-0.39, 0.29) is 29.8 Å². The minimum absolute atomic E-state index is 0.0763. The van der Waals surface area contributed by atoms with E-state index in [9.17, 15) is 19.8 Å². The Labute approximate surface area is 219 Å². The highest BCUT2D eigenvalue weighted by atomic mass is 32.1. The zero-order valence-corrected chi connectivity index (χ0v) is 23.8. The predicted molar refractivity (Wildman–Crippen MR) is 140 cm³/mol. The zero-order valence-electron chi connectivity index (χ0n) is 23.0. The van der Waals surface area contributed by atoms with Crippen molar-refractivity contribution in [2.75, 3.05) is 0 Å². The normalized spacial score (nSPS) is 38.8. The molecule has 0 radical (unpaired) electrons. The van der Waals surface area contributed by atoms with Crippen molar-refractivity contribution in [2.24, 2.45) is 17.3 Å². The second-order valence-corrected chi connectivity index (χ2v) is 13.0. The van der Waals surface area contributed by atoms with Gasteiger partial charge in [0.05, 0.1) is 46.5 Å². The van der Waals surface area contributed by atoms with Crippen molar-refractivity contribution in [3.8, 4) is 0 Å². The third kappa shape index (κ3) is 6.26. The second kappa shape index (κ2) is 10.6. The molecule has 0 bridgehead atoms. The molecule has 0 aliphatic carbocycles. The first-order valence-electron chi connectivity index (χ1n) is 13.0. The number of aliphatic hydroxyl groups excluding tert-OH is 2. The van der Waals surface area contributed by atoms with Crippen LogP contribution in [0.4, 0.5) is 0 Å². The average Bonchev–Trinajstić information content (AvgIpc) is 3.21. The van der Waals surface area contributed by atoms with E-state index in [1.54, 1.807) is 32.1 Å². The summed E-state index contributed by atoms with van der Waals surface area (Å²) in [6.45, 7) is 14.7. The molecule has 0 aromatic carbocycles. The summed E-state index contributed by atoms with van der Waals surface area (Å²) in [7, 11) is 0. The van der Waals surface area contributed by atoms with Crippen LogP contribution >= 0.6 is 11.3 Å². The molecule has 7 atom stereocenters. The number of carbonyl (C=O) groups excluding carboxylic acids is 2. The molecule has 0 spiro atoms. The summed E-state index contributed by atoms with van der Waals surface area (Å²) >= 11 is 1.56. The van der Waals surface area contributed by atoms with Gasteiger partial charge in [-0.25, -0.2) is 4.98 Å². The van der Waals surface area contributed by atoms with Gasteiger partial charge in [-0.1, -0.05) is 34.1 Å². The molecule has 36 heavy (non-hydrogen) atoms. The molecule has 2 saturated heterocycles. The molecular formula is C28H43NO6S. The van der Waals surface area contributed by atoms with Crippen molar-refractivity contribution in [2.45, 2.75) is 117 Å². The van der Waals surface area contributed by atoms with Gasteiger partial charge in [0.25, 0.3) is 0 Å². The first-order valence-corrected chi connectivity index (χ1v) is 13.9. The summed E-state index contributed by atoms with van der Waals surface area (Å²) in [5.74, 6) is -1.58. The van der Waals surface area contributed by atoms with E-state index >= 15 is 0 Å². The summed E-state index contributed by atoms with van der Waals surface area (Å²) in [6, 6.07) is 0. The molecular weight excluding hydrogens is 478 g/mol. The number of aryl methyl sites for hydroxylation is 1. The van der Waals surface area contributed by atoms with Crippen molar-refractivity contribution in [1.29, 1.82) is 0 Å². The number of rotatable bonds is 2. The molecule has 1 aromatic rings. The van der Waals surface area contributed by atoms with Crippen LogP contribution in [0.2, 0.25) is 0 Å². The molecule has 0 saturated carbocycles. The van der Waals surface area contributed by atoms with Crippen LogP contribution in [-0.4, -0.2) is 56.5 Å². The van der Waals surface area contributed by atoms with Gasteiger partial charge in [0.15, 0.2) is 0 Å². The van der Waals surface area contributed by atoms with Gasteiger partial charge in [0.1, 0.15) is 11.4 Å². The molecule has 8 heteroatoms. The van der Waals surface area contributed by atoms with Gasteiger partial charge in [-0.15, -0.1) is 11.3 Å². The number of thiazole rings is 1. The number of epoxide rings is 1. The minimum atomic E-state index is -1.24. The molecule has 2 N–H and O–H groups in total. The maximum atomic E-state index is 13.3. The second-order valence-electron chi connectivity index (χ2n) is 11.9. The first kappa shape index (κ1) is 29.0. The van der Waals surface area contributed by atoms with Crippen LogP contribution in [0.25, 0.3) is 6.08 Å². The molecule has 0 unspecified atom stereocenters. The number of esters is 1. The molecule has 202 valence electrons. The minimum Gasteiger partial charge on any atom is -0.455 e. The summed E-state index contributed by atoms with van der Waals surface area (Å²) in [5, 5.41) is 24.7. The van der Waals surface area contributed by atoms with Crippen molar-refractivity contribution >= 4 is 29.2 Å². The van der Waals surface area contributed by atoms with E-state index in [2.05, 4.69) is 11.9 Å². The lowest BCUT2D eigenvalue weighted by Crippen LogP contribution is -2.46. The highest BCUT2D eigenvalue weighted by Gasteiger charge is 2.55. The standard InChI is InChI=1S/C28H43NO6S/c1-16-10-9-11-27(7)22(34-27)14-28(8,17(2)12-20-15-36-19(4)29-20)35-23(31)13-21(30)26(5,6)25(33)18(3)24(16)32/h12,15-16,18,21-22,24,30,32H,9-11,13-14H2,1-8H3/t16-,18+,21-,22-,24-,27+,28-/m0/s1. The molecule has 2 aliphatic rings. The lowest BCUT2D eigenvalue weighted by molar-refractivity contribution is -0.161. The largest absolute Gasteiger partial charge is 0.455 e. The monoisotopic (exact) mass is 521 g/mol. The van der Waals surface area contributed by atoms with E-state index < -0.39 is 35.1 Å². The topological polar surface area (TPSA) is 109 Å². The van der Waals surface area contributed by atoms with E-state index in [0.29, 0.717) is 6.42 Å². The summed E-state index contributed by atoms with van der Waals surface area (Å²) in [4.78, 5) is 30.9. The highest BCUT2D eigenvalue weighted by Crippen LogP contribution is 2.47. The van der Waals surface area contributed by atoms with Gasteiger partial charge in [-0.2, -0.15) is 0 Å². The number of Topliss-reactive ketones (excluding diaryl/α,β-unsaturated/α-hetero) is 1. The number of hydrogen-bond acceptors (Lipinski definition) is 8. The van der Waals surface area contributed by atoms with E-state index in [0.717, 1.165) is 35.5 Å². The van der Waals surface area contributed by atoms with Crippen LogP contribution in [0.15, 0.2) is 11.0 Å². The van der Waals surface area contributed by atoms with Gasteiger partial charge in [0, 0.05) is 17.7 Å². The van der Waals surface area contributed by atoms with Gasteiger partial charge >= 0.3 is 5.97 Å². The molecule has 3 heterocycles. The quantitative estimate of drug-likeness (QED) is 0.422. The predicted octanol–water partition coefficient (Wildman–Crippen LogP) is 4.87. The summed E-state index contributed by atoms with van der Waals surface area (Å²) in [5.41, 5.74) is -0.843. The average molecular weight is 522 g/mol. The Kier molecular flexibility index (Phi) is 8.55. The third-order valence-corrected chi connectivity index (χ3v) is 9.25. The lowest BCUT2D eigenvalue weighted by Gasteiger charge is -2.36. The van der Waals surface area contributed by atoms with Gasteiger partial charge in [-0.05, 0) is 58.1 Å². The van der Waals surface area contributed by atoms with Gasteiger partial charge in [-0.3, -0.25) is 9.59 Å². The number of ketones is 1. The Morgan fingerprint density at radius 2 is 1.86 bits per heavy atom. The van der Waals surface area contributed by atoms with Crippen LogP contribution in [-0.2, 0) is 19.1 Å². The third-order valence-electron chi connectivity index (χ3n) is 8.45. The van der Waals surface area contributed by atoms with E-state index in [1.807, 2.05) is 39.2 Å². The number of aliphatic hydroxyl groups is 2.